The Bertz CT molecular complexity index is 1430. The van der Waals surface area contributed by atoms with E-state index in [9.17, 15) is 20.1 Å². The number of ether oxygens (including phenoxy) is 7. The standard InChI is InChI=1S/C27H26O11/c1-11-22(28)23(29)24(30)27(37-11)38-25-14-8-18(33-3)17(32-2)7-13(14)20(21-15(25)9-34-26(21)31)12-4-5-16-19(6-12)36-10-35-16/h4-8,11,22-24,27-30H,9-10H2,1-3H3/t11-,22+,23+,24-,27+/m0/s1. The minimum absolute atomic E-state index is 0.0884. The van der Waals surface area contributed by atoms with Gasteiger partial charge in [0.1, 0.15) is 30.7 Å². The molecule has 3 aliphatic rings. The molecular weight excluding hydrogens is 500 g/mol. The van der Waals surface area contributed by atoms with Crippen LogP contribution in [0.3, 0.4) is 0 Å². The fourth-order valence-electron chi connectivity index (χ4n) is 5.12. The Morgan fingerprint density at radius 1 is 0.842 bits per heavy atom. The van der Waals surface area contributed by atoms with E-state index >= 15 is 0 Å². The van der Waals surface area contributed by atoms with Crippen molar-refractivity contribution in [2.45, 2.75) is 44.2 Å². The van der Waals surface area contributed by atoms with Gasteiger partial charge in [-0.1, -0.05) is 6.07 Å². The lowest BCUT2D eigenvalue weighted by Crippen LogP contribution is -2.58. The van der Waals surface area contributed by atoms with E-state index in [1.54, 1.807) is 31.2 Å². The predicted molar refractivity (Wildman–Crippen MR) is 131 cm³/mol. The molecule has 3 aliphatic heterocycles. The highest BCUT2D eigenvalue weighted by Crippen LogP contribution is 2.49. The topological polar surface area (TPSA) is 142 Å². The Kier molecular flexibility index (Phi) is 5.95. The minimum Gasteiger partial charge on any atom is -0.493 e. The molecule has 11 nitrogen and oxygen atoms in total. The third kappa shape index (κ3) is 3.70. The highest BCUT2D eigenvalue weighted by Gasteiger charge is 2.44. The third-order valence-electron chi connectivity index (χ3n) is 7.12. The molecule has 0 spiro atoms. The number of esters is 1. The van der Waals surface area contributed by atoms with Crippen LogP contribution in [-0.4, -0.2) is 73.0 Å². The molecule has 3 aromatic carbocycles. The summed E-state index contributed by atoms with van der Waals surface area (Å²) in [5.41, 5.74) is 1.95. The lowest BCUT2D eigenvalue weighted by Gasteiger charge is -2.39. The van der Waals surface area contributed by atoms with Crippen molar-refractivity contribution < 1.29 is 53.3 Å². The van der Waals surface area contributed by atoms with Crippen molar-refractivity contribution in [3.05, 3.63) is 41.5 Å². The van der Waals surface area contributed by atoms with E-state index in [0.29, 0.717) is 50.5 Å². The van der Waals surface area contributed by atoms with E-state index < -0.39 is 36.7 Å². The van der Waals surface area contributed by atoms with Crippen LogP contribution in [0, 0.1) is 0 Å². The number of aliphatic hydroxyl groups excluding tert-OH is 3. The Labute approximate surface area is 217 Å². The maximum Gasteiger partial charge on any atom is 0.339 e. The summed E-state index contributed by atoms with van der Waals surface area (Å²) in [7, 11) is 3.00. The molecule has 38 heavy (non-hydrogen) atoms. The molecule has 200 valence electrons. The van der Waals surface area contributed by atoms with Gasteiger partial charge in [-0.2, -0.15) is 0 Å². The molecule has 0 bridgehead atoms. The van der Waals surface area contributed by atoms with Crippen LogP contribution in [0.5, 0.6) is 28.7 Å². The maximum atomic E-state index is 13.1. The van der Waals surface area contributed by atoms with Gasteiger partial charge in [0.25, 0.3) is 0 Å². The molecule has 3 N–H and O–H groups in total. The second kappa shape index (κ2) is 9.21. The van der Waals surface area contributed by atoms with E-state index in [1.807, 2.05) is 6.07 Å². The van der Waals surface area contributed by atoms with Crippen molar-refractivity contribution in [2.75, 3.05) is 21.0 Å². The molecule has 3 heterocycles. The first-order valence-corrected chi connectivity index (χ1v) is 12.0. The molecule has 0 saturated carbocycles. The fraction of sp³-hybridized carbons (Fsp3) is 0.370. The van der Waals surface area contributed by atoms with Crippen molar-refractivity contribution in [3.63, 3.8) is 0 Å². The lowest BCUT2D eigenvalue weighted by atomic mass is 9.89. The SMILES string of the molecule is COc1cc2c(O[C@H]3O[C@@H](C)[C@@H](O)[C@@H](O)[C@@H]3O)c3c(c(-c4ccc5c(c4)OCO5)c2cc1OC)C(=O)OC3. The number of hydrogen-bond donors (Lipinski definition) is 3. The molecule has 0 aliphatic carbocycles. The molecule has 3 aromatic rings. The quantitative estimate of drug-likeness (QED) is 0.421. The van der Waals surface area contributed by atoms with Gasteiger partial charge in [0.15, 0.2) is 23.0 Å². The van der Waals surface area contributed by atoms with Crippen LogP contribution in [-0.2, 0) is 16.1 Å². The Balaban J connectivity index is 1.61. The zero-order chi connectivity index (χ0) is 26.7. The fourth-order valence-corrected chi connectivity index (χ4v) is 5.12. The zero-order valence-electron chi connectivity index (χ0n) is 20.8. The molecule has 0 radical (unpaired) electrons. The number of carbonyl (C=O) groups is 1. The van der Waals surface area contributed by atoms with Crippen LogP contribution in [0.25, 0.3) is 21.9 Å². The Morgan fingerprint density at radius 3 is 2.29 bits per heavy atom. The van der Waals surface area contributed by atoms with Crippen molar-refractivity contribution in [1.82, 2.24) is 0 Å². The summed E-state index contributed by atoms with van der Waals surface area (Å²) in [5, 5.41) is 32.2. The molecule has 11 heteroatoms. The Hall–Kier alpha value is -3.77. The molecule has 1 saturated heterocycles. The average molecular weight is 526 g/mol. The first-order chi connectivity index (χ1) is 18.3. The number of cyclic esters (lactones) is 1. The summed E-state index contributed by atoms with van der Waals surface area (Å²) >= 11 is 0. The van der Waals surface area contributed by atoms with Crippen molar-refractivity contribution in [1.29, 1.82) is 0 Å². The van der Waals surface area contributed by atoms with Gasteiger partial charge in [-0.25, -0.2) is 4.79 Å². The van der Waals surface area contributed by atoms with E-state index in [1.165, 1.54) is 14.2 Å². The van der Waals surface area contributed by atoms with E-state index in [-0.39, 0.29) is 24.7 Å². The number of aliphatic hydroxyl groups is 3. The minimum atomic E-state index is -1.56. The van der Waals surface area contributed by atoms with Gasteiger partial charge in [0, 0.05) is 16.5 Å². The van der Waals surface area contributed by atoms with Crippen LogP contribution in [0.1, 0.15) is 22.8 Å². The molecular formula is C27H26O11. The van der Waals surface area contributed by atoms with Gasteiger partial charge < -0.3 is 48.5 Å². The second-order valence-electron chi connectivity index (χ2n) is 9.25. The van der Waals surface area contributed by atoms with Crippen LogP contribution < -0.4 is 23.7 Å². The van der Waals surface area contributed by atoms with E-state index in [2.05, 4.69) is 0 Å². The number of benzene rings is 3. The van der Waals surface area contributed by atoms with Gasteiger partial charge in [0.2, 0.25) is 13.1 Å². The van der Waals surface area contributed by atoms with Gasteiger partial charge >= 0.3 is 5.97 Å². The summed E-state index contributed by atoms with van der Waals surface area (Å²) < 4.78 is 39.4. The largest absolute Gasteiger partial charge is 0.493 e. The van der Waals surface area contributed by atoms with Crippen LogP contribution in [0.4, 0.5) is 0 Å². The van der Waals surface area contributed by atoms with Crippen LogP contribution >= 0.6 is 0 Å². The molecule has 5 atom stereocenters. The first-order valence-electron chi connectivity index (χ1n) is 12.0. The molecule has 0 amide bonds. The molecule has 0 unspecified atom stereocenters. The number of rotatable bonds is 5. The normalized spacial score (nSPS) is 25.7. The smallest absolute Gasteiger partial charge is 0.339 e. The number of fused-ring (bicyclic) bond motifs is 3. The van der Waals surface area contributed by atoms with Gasteiger partial charge in [-0.05, 0) is 42.1 Å². The molecule has 1 fully saturated rings. The van der Waals surface area contributed by atoms with E-state index in [0.717, 1.165) is 0 Å². The molecule has 6 rings (SSSR count). The summed E-state index contributed by atoms with van der Waals surface area (Å²) in [4.78, 5) is 13.1. The third-order valence-corrected chi connectivity index (χ3v) is 7.12. The maximum absolute atomic E-state index is 13.1. The average Bonchev–Trinajstić information content (AvgIpc) is 3.55. The van der Waals surface area contributed by atoms with Crippen LogP contribution in [0.2, 0.25) is 0 Å². The van der Waals surface area contributed by atoms with Crippen LogP contribution in [0.15, 0.2) is 30.3 Å². The number of hydrogen-bond acceptors (Lipinski definition) is 11. The first kappa shape index (κ1) is 24.6. The van der Waals surface area contributed by atoms with Gasteiger partial charge in [-0.15, -0.1) is 0 Å². The number of methoxy groups -OCH3 is 2. The monoisotopic (exact) mass is 526 g/mol. The zero-order valence-corrected chi connectivity index (χ0v) is 20.8. The van der Waals surface area contributed by atoms with Crippen molar-refractivity contribution in [2.24, 2.45) is 0 Å². The lowest BCUT2D eigenvalue weighted by molar-refractivity contribution is -0.268. The van der Waals surface area contributed by atoms with E-state index in [4.69, 9.17) is 33.2 Å². The Morgan fingerprint density at radius 2 is 1.55 bits per heavy atom. The predicted octanol–water partition coefficient (Wildman–Crippen LogP) is 2.13. The highest BCUT2D eigenvalue weighted by atomic mass is 16.7. The summed E-state index contributed by atoms with van der Waals surface area (Å²) in [5.74, 6) is 1.61. The summed E-state index contributed by atoms with van der Waals surface area (Å²) in [6.45, 7) is 1.57. The van der Waals surface area contributed by atoms with Crippen molar-refractivity contribution >= 4 is 16.7 Å². The van der Waals surface area contributed by atoms with Gasteiger partial charge in [0.05, 0.1) is 25.9 Å². The molecule has 0 aromatic heterocycles. The number of carbonyl (C=O) groups excluding carboxylic acids is 1. The van der Waals surface area contributed by atoms with Gasteiger partial charge in [-0.3, -0.25) is 0 Å². The second-order valence-corrected chi connectivity index (χ2v) is 9.25. The highest BCUT2D eigenvalue weighted by molar-refractivity contribution is 6.14. The van der Waals surface area contributed by atoms with Crippen molar-refractivity contribution in [3.8, 4) is 39.9 Å². The summed E-state index contributed by atoms with van der Waals surface area (Å²) in [6.07, 6.45) is -6.51. The summed E-state index contributed by atoms with van der Waals surface area (Å²) in [6, 6.07) is 8.80.